The normalized spacial score (nSPS) is 19.3. The molecule has 0 aromatic heterocycles. The average Bonchev–Trinajstić information content (AvgIpc) is 4.12. The third kappa shape index (κ3) is 7.68. The Kier molecular flexibility index (Phi) is 11.0. The quantitative estimate of drug-likeness (QED) is 0.117. The minimum absolute atomic E-state index is 0.00662. The van der Waals surface area contributed by atoms with Crippen molar-refractivity contribution in [3.8, 4) is 23.0 Å². The zero-order chi connectivity index (χ0) is 45.7. The lowest BCUT2D eigenvalue weighted by molar-refractivity contribution is -0.130. The van der Waals surface area contributed by atoms with Crippen molar-refractivity contribution >= 4 is 25.6 Å². The lowest BCUT2D eigenvalue weighted by atomic mass is 10.0. The number of carbonyl (C=O) groups excluding carboxylic acids is 1. The Morgan fingerprint density at radius 1 is 0.591 bits per heavy atom. The summed E-state index contributed by atoms with van der Waals surface area (Å²) in [6, 6.07) is 34.9. The first-order valence-corrected chi connectivity index (χ1v) is 23.6. The topological polar surface area (TPSA) is 178 Å². The van der Waals surface area contributed by atoms with Gasteiger partial charge >= 0.3 is 0 Å². The number of hydrogen-bond acceptors (Lipinski definition) is 13. The minimum Gasteiger partial charge on any atom is -0.502 e. The predicted octanol–water partition coefficient (Wildman–Crippen LogP) is 7.39. The van der Waals surface area contributed by atoms with Crippen LogP contribution in [0.4, 0.5) is 4.39 Å². The van der Waals surface area contributed by atoms with Crippen LogP contribution in [0.15, 0.2) is 177 Å². The summed E-state index contributed by atoms with van der Waals surface area (Å²) in [7, 11) is -8.82. The number of amides is 1. The first-order chi connectivity index (χ1) is 31.9. The molecule has 3 unspecified atom stereocenters. The summed E-state index contributed by atoms with van der Waals surface area (Å²) in [5.74, 6) is -0.599. The van der Waals surface area contributed by atoms with Gasteiger partial charge in [-0.15, -0.1) is 0 Å². The second kappa shape index (κ2) is 17.0. The highest BCUT2D eigenvalue weighted by molar-refractivity contribution is 7.95. The van der Waals surface area contributed by atoms with Gasteiger partial charge in [0.05, 0.1) is 21.9 Å². The summed E-state index contributed by atoms with van der Waals surface area (Å²) in [6.07, 6.45) is -1.62. The summed E-state index contributed by atoms with van der Waals surface area (Å²) in [6.45, 7) is -0.307. The molecule has 14 nitrogen and oxygen atoms in total. The fourth-order valence-corrected chi connectivity index (χ4v) is 12.0. The molecule has 0 bridgehead atoms. The highest BCUT2D eigenvalue weighted by Gasteiger charge is 2.49. The Morgan fingerprint density at radius 2 is 1.08 bits per heavy atom. The number of aliphatic hydroxyl groups excluding tert-OH is 2. The van der Waals surface area contributed by atoms with Gasteiger partial charge < -0.3 is 38.8 Å². The molecule has 6 aromatic rings. The summed E-state index contributed by atoms with van der Waals surface area (Å²) in [4.78, 5) is 15.8. The van der Waals surface area contributed by atoms with E-state index in [2.05, 4.69) is 0 Å². The van der Waals surface area contributed by atoms with Crippen molar-refractivity contribution in [2.45, 2.75) is 47.8 Å². The highest BCUT2D eigenvalue weighted by Crippen LogP contribution is 2.48. The van der Waals surface area contributed by atoms with Crippen molar-refractivity contribution < 1.29 is 59.9 Å². The number of ether oxygens (including phenoxy) is 5. The number of halogens is 1. The fraction of sp³-hybridized carbons (Fsp3) is 0.163. The van der Waals surface area contributed by atoms with Crippen LogP contribution in [0.5, 0.6) is 23.0 Å². The molecule has 0 spiro atoms. The van der Waals surface area contributed by atoms with E-state index in [1.165, 1.54) is 53.4 Å². The van der Waals surface area contributed by atoms with Crippen molar-refractivity contribution in [1.82, 2.24) is 9.80 Å². The van der Waals surface area contributed by atoms with E-state index in [9.17, 15) is 36.2 Å². The van der Waals surface area contributed by atoms with Crippen LogP contribution < -0.4 is 18.9 Å². The van der Waals surface area contributed by atoms with Gasteiger partial charge in [0.25, 0.3) is 5.91 Å². The van der Waals surface area contributed by atoms with E-state index in [-0.39, 0.29) is 53.7 Å². The maximum Gasteiger partial charge on any atom is 0.290 e. The second-order valence-electron chi connectivity index (χ2n) is 15.8. The van der Waals surface area contributed by atoms with Crippen molar-refractivity contribution in [1.29, 1.82) is 0 Å². The molecule has 336 valence electrons. The molecular formula is C49H39FN2O12S2. The zero-order valence-corrected chi connectivity index (χ0v) is 36.3. The number of sulfone groups is 2. The Balaban J connectivity index is 1.01. The van der Waals surface area contributed by atoms with Crippen LogP contribution in [0.3, 0.4) is 0 Å². The van der Waals surface area contributed by atoms with Gasteiger partial charge in [-0.3, -0.25) is 9.69 Å². The number of carbonyl (C=O) groups is 1. The van der Waals surface area contributed by atoms with E-state index >= 15 is 0 Å². The molecule has 1 amide bonds. The molecule has 4 aliphatic rings. The fourth-order valence-electron chi connectivity index (χ4n) is 8.59. The summed E-state index contributed by atoms with van der Waals surface area (Å²) in [5.41, 5.74) is 2.44. The maximum absolute atomic E-state index is 14.8. The number of rotatable bonds is 13. The molecule has 0 saturated carbocycles. The van der Waals surface area contributed by atoms with Crippen LogP contribution in [-0.2, 0) is 48.9 Å². The van der Waals surface area contributed by atoms with E-state index < -0.39 is 60.4 Å². The van der Waals surface area contributed by atoms with E-state index in [0.717, 1.165) is 0 Å². The molecule has 17 heteroatoms. The van der Waals surface area contributed by atoms with Gasteiger partial charge in [0.15, 0.2) is 40.7 Å². The predicted molar refractivity (Wildman–Crippen MR) is 234 cm³/mol. The smallest absolute Gasteiger partial charge is 0.290 e. The Bertz CT molecular complexity index is 3150. The maximum atomic E-state index is 14.8. The van der Waals surface area contributed by atoms with E-state index in [4.69, 9.17) is 23.7 Å². The molecular weight excluding hydrogens is 892 g/mol. The first-order valence-electron chi connectivity index (χ1n) is 20.6. The van der Waals surface area contributed by atoms with Crippen LogP contribution in [-0.4, -0.2) is 62.6 Å². The molecule has 0 saturated heterocycles. The summed E-state index contributed by atoms with van der Waals surface area (Å²) < 4.78 is 101. The van der Waals surface area contributed by atoms with Gasteiger partial charge in [-0.25, -0.2) is 21.2 Å². The number of aliphatic hydroxyl groups is 2. The minimum atomic E-state index is -4.43. The molecule has 0 fully saturated rings. The van der Waals surface area contributed by atoms with Gasteiger partial charge in [-0.1, -0.05) is 84.9 Å². The molecule has 0 radical (unpaired) electrons. The van der Waals surface area contributed by atoms with Crippen molar-refractivity contribution in [2.24, 2.45) is 0 Å². The van der Waals surface area contributed by atoms with E-state index in [1.807, 2.05) is 0 Å². The van der Waals surface area contributed by atoms with Crippen LogP contribution >= 0.6 is 0 Å². The monoisotopic (exact) mass is 930 g/mol. The molecule has 4 aliphatic heterocycles. The van der Waals surface area contributed by atoms with E-state index in [0.29, 0.717) is 50.8 Å². The Morgan fingerprint density at radius 3 is 1.65 bits per heavy atom. The SMILES string of the molecule is O=C1C(O)=C(S(=O)(=O)c2ccccc2)C(c2ccc(COC3=C(S(=O)(=O)c4ccccc4)C(c4ccc(F)cc4)N(Cc4ccc5c(c4)OCO5)C3O)cc2)N1Cc1ccc2c(c1)OCO2. The number of nitrogens with zero attached hydrogens (tertiary/aromatic N) is 2. The number of fused-ring (bicyclic) bond motifs is 2. The molecule has 4 heterocycles. The third-order valence-corrected chi connectivity index (χ3v) is 15.6. The van der Waals surface area contributed by atoms with Crippen molar-refractivity contribution in [3.63, 3.8) is 0 Å². The van der Waals surface area contributed by atoms with Gasteiger partial charge in [0, 0.05) is 13.1 Å². The van der Waals surface area contributed by atoms with Crippen LogP contribution in [0.2, 0.25) is 0 Å². The zero-order valence-electron chi connectivity index (χ0n) is 34.7. The van der Waals surface area contributed by atoms with Crippen LogP contribution in [0, 0.1) is 5.82 Å². The van der Waals surface area contributed by atoms with Gasteiger partial charge in [-0.2, -0.15) is 0 Å². The molecule has 66 heavy (non-hydrogen) atoms. The largest absolute Gasteiger partial charge is 0.502 e. The highest BCUT2D eigenvalue weighted by atomic mass is 32.2. The average molecular weight is 931 g/mol. The lowest BCUT2D eigenvalue weighted by Gasteiger charge is -2.29. The Labute approximate surface area is 378 Å². The molecule has 3 atom stereocenters. The molecule has 0 aliphatic carbocycles. The van der Waals surface area contributed by atoms with Gasteiger partial charge in [-0.05, 0) is 88.5 Å². The summed E-state index contributed by atoms with van der Waals surface area (Å²) >= 11 is 0. The number of benzene rings is 6. The third-order valence-electron chi connectivity index (χ3n) is 11.8. The lowest BCUT2D eigenvalue weighted by Crippen LogP contribution is -2.34. The standard InChI is InChI=1S/C49H39FN2O12S2/c50-35-19-17-34(18-20-35)43-47(66(58,59)37-9-5-2-6-10-37)45(49(55)52(43)26-32-14-22-39-41(24-32)64-29-62-39)60-27-30-11-15-33(16-12-30)42-46(65(56,57)36-7-3-1-4-8-36)44(53)48(54)51(42)25-31-13-21-38-40(23-31)63-28-61-38/h1-24,42-43,49,53,55H,25-29H2. The van der Waals surface area contributed by atoms with Crippen LogP contribution in [0.25, 0.3) is 0 Å². The van der Waals surface area contributed by atoms with Crippen molar-refractivity contribution in [3.05, 3.63) is 201 Å². The van der Waals surface area contributed by atoms with E-state index in [1.54, 1.807) is 102 Å². The van der Waals surface area contributed by atoms with Gasteiger partial charge in [0.2, 0.25) is 33.3 Å². The second-order valence-corrected chi connectivity index (χ2v) is 19.7. The molecule has 10 rings (SSSR count). The summed E-state index contributed by atoms with van der Waals surface area (Å²) in [5, 5.41) is 23.6. The molecule has 6 aromatic carbocycles. The molecule has 2 N–H and O–H groups in total. The number of hydrogen-bond donors (Lipinski definition) is 2. The van der Waals surface area contributed by atoms with Gasteiger partial charge in [0.1, 0.15) is 22.2 Å². The Hall–Kier alpha value is -7.18. The van der Waals surface area contributed by atoms with Crippen molar-refractivity contribution in [2.75, 3.05) is 13.6 Å². The first kappa shape index (κ1) is 42.8. The van der Waals surface area contributed by atoms with Crippen LogP contribution in [0.1, 0.15) is 39.9 Å².